The van der Waals surface area contributed by atoms with E-state index in [1.54, 1.807) is 26.8 Å². The number of hydrogen-bond donors (Lipinski definition) is 0. The SMILES string of the molecule is CC(=O)C1CC23C(=O)C(C)(CC2C1(C)C)C(=O)C(CC=C(C)C)(C(=O)C(C)C)C3=O. The van der Waals surface area contributed by atoms with Gasteiger partial charge in [0.2, 0.25) is 0 Å². The largest absolute Gasteiger partial charge is 0.300 e. The number of Topliss-reactive ketones (excluding diaryl/α,β-unsaturated/α-hetero) is 5. The van der Waals surface area contributed by atoms with Crippen molar-refractivity contribution >= 4 is 28.9 Å². The van der Waals surface area contributed by atoms with Crippen molar-refractivity contribution in [1.29, 1.82) is 0 Å². The van der Waals surface area contributed by atoms with Gasteiger partial charge in [0, 0.05) is 11.8 Å². The third kappa shape index (κ3) is 2.44. The molecule has 0 N–H and O–H groups in total. The van der Waals surface area contributed by atoms with Crippen LogP contribution in [0.15, 0.2) is 11.6 Å². The first-order valence-electron chi connectivity index (χ1n) is 10.9. The monoisotopic (exact) mass is 414 g/mol. The zero-order valence-corrected chi connectivity index (χ0v) is 19.5. The van der Waals surface area contributed by atoms with Gasteiger partial charge in [-0.25, -0.2) is 0 Å². The smallest absolute Gasteiger partial charge is 0.168 e. The van der Waals surface area contributed by atoms with Crippen LogP contribution in [0.3, 0.4) is 0 Å². The van der Waals surface area contributed by atoms with Gasteiger partial charge in [0.1, 0.15) is 5.78 Å². The second kappa shape index (κ2) is 6.54. The highest BCUT2D eigenvalue weighted by Gasteiger charge is 2.82. The van der Waals surface area contributed by atoms with Crippen LogP contribution in [0.2, 0.25) is 0 Å². The van der Waals surface area contributed by atoms with Crippen LogP contribution in [0, 0.1) is 39.4 Å². The van der Waals surface area contributed by atoms with Crippen LogP contribution in [0.5, 0.6) is 0 Å². The van der Waals surface area contributed by atoms with Crippen molar-refractivity contribution in [1.82, 2.24) is 0 Å². The number of fused-ring (bicyclic) bond motifs is 1. The molecule has 5 unspecified atom stereocenters. The minimum Gasteiger partial charge on any atom is -0.300 e. The van der Waals surface area contributed by atoms with E-state index in [2.05, 4.69) is 0 Å². The summed E-state index contributed by atoms with van der Waals surface area (Å²) in [4.78, 5) is 67.9. The Labute approximate surface area is 179 Å². The molecule has 0 aliphatic heterocycles. The fourth-order valence-electron chi connectivity index (χ4n) is 6.82. The highest BCUT2D eigenvalue weighted by Crippen LogP contribution is 2.72. The topological polar surface area (TPSA) is 85.3 Å². The maximum Gasteiger partial charge on any atom is 0.168 e. The highest BCUT2D eigenvalue weighted by atomic mass is 16.2. The lowest BCUT2D eigenvalue weighted by molar-refractivity contribution is -0.168. The molecule has 0 heterocycles. The Bertz CT molecular complexity index is 902. The molecule has 5 atom stereocenters. The van der Waals surface area contributed by atoms with E-state index >= 15 is 0 Å². The maximum atomic E-state index is 14.3. The Balaban J connectivity index is 2.33. The van der Waals surface area contributed by atoms with Crippen LogP contribution < -0.4 is 0 Å². The minimum atomic E-state index is -1.84. The van der Waals surface area contributed by atoms with Gasteiger partial charge in [0.25, 0.3) is 0 Å². The Morgan fingerprint density at radius 1 is 0.967 bits per heavy atom. The maximum absolute atomic E-state index is 14.3. The van der Waals surface area contributed by atoms with Crippen LogP contribution in [-0.2, 0) is 24.0 Å². The van der Waals surface area contributed by atoms with Gasteiger partial charge in [-0.1, -0.05) is 39.3 Å². The summed E-state index contributed by atoms with van der Waals surface area (Å²) in [6.45, 7) is 14.1. The lowest BCUT2D eigenvalue weighted by Gasteiger charge is -2.45. The van der Waals surface area contributed by atoms with Crippen molar-refractivity contribution < 1.29 is 24.0 Å². The van der Waals surface area contributed by atoms with Crippen molar-refractivity contribution in [3.63, 3.8) is 0 Å². The molecule has 1 spiro atoms. The Morgan fingerprint density at radius 2 is 1.53 bits per heavy atom. The Hall–Kier alpha value is -1.91. The predicted octanol–water partition coefficient (Wildman–Crippen LogP) is 3.92. The van der Waals surface area contributed by atoms with Crippen molar-refractivity contribution in [2.24, 2.45) is 39.4 Å². The van der Waals surface area contributed by atoms with Gasteiger partial charge in [-0.2, -0.15) is 0 Å². The van der Waals surface area contributed by atoms with Gasteiger partial charge in [-0.05, 0) is 58.3 Å². The molecule has 3 aliphatic carbocycles. The van der Waals surface area contributed by atoms with E-state index in [1.807, 2.05) is 27.7 Å². The lowest BCUT2D eigenvalue weighted by Crippen LogP contribution is -2.65. The first-order valence-corrected chi connectivity index (χ1v) is 10.9. The van der Waals surface area contributed by atoms with E-state index in [-0.39, 0.29) is 30.8 Å². The summed E-state index contributed by atoms with van der Waals surface area (Å²) in [7, 11) is 0. The molecule has 0 amide bonds. The highest BCUT2D eigenvalue weighted by molar-refractivity contribution is 6.40. The summed E-state index contributed by atoms with van der Waals surface area (Å²) in [5.41, 5.74) is -4.32. The summed E-state index contributed by atoms with van der Waals surface area (Å²) in [5.74, 6) is -3.27. The van der Waals surface area contributed by atoms with Crippen molar-refractivity contribution in [3.05, 3.63) is 11.6 Å². The van der Waals surface area contributed by atoms with Gasteiger partial charge in [-0.15, -0.1) is 0 Å². The van der Waals surface area contributed by atoms with Crippen molar-refractivity contribution in [2.45, 2.75) is 74.7 Å². The van der Waals surface area contributed by atoms with Gasteiger partial charge in [0.05, 0.1) is 10.8 Å². The van der Waals surface area contributed by atoms with Crippen LogP contribution in [-0.4, -0.2) is 28.9 Å². The molecule has 0 aromatic rings. The third-order valence-electron chi connectivity index (χ3n) is 8.37. The van der Waals surface area contributed by atoms with Crippen molar-refractivity contribution in [2.75, 3.05) is 0 Å². The quantitative estimate of drug-likeness (QED) is 0.503. The number of ketones is 5. The Kier molecular flexibility index (Phi) is 4.97. The van der Waals surface area contributed by atoms with E-state index in [0.717, 1.165) is 5.57 Å². The molecule has 3 aliphatic rings. The molecule has 5 heteroatoms. The van der Waals surface area contributed by atoms with E-state index in [0.29, 0.717) is 0 Å². The second-order valence-electron chi connectivity index (χ2n) is 11.1. The van der Waals surface area contributed by atoms with E-state index < -0.39 is 56.8 Å². The summed E-state index contributed by atoms with van der Waals surface area (Å²) in [6.07, 6.45) is 2.10. The molecule has 3 saturated carbocycles. The van der Waals surface area contributed by atoms with Gasteiger partial charge in [0.15, 0.2) is 28.5 Å². The lowest BCUT2D eigenvalue weighted by atomic mass is 9.51. The van der Waals surface area contributed by atoms with Crippen molar-refractivity contribution in [3.8, 4) is 0 Å². The van der Waals surface area contributed by atoms with E-state index in [1.165, 1.54) is 6.92 Å². The molecule has 3 rings (SSSR count). The first kappa shape index (κ1) is 22.8. The molecule has 2 bridgehead atoms. The first-order chi connectivity index (χ1) is 13.6. The molecular formula is C25H34O5. The third-order valence-corrected chi connectivity index (χ3v) is 8.37. The summed E-state index contributed by atoms with van der Waals surface area (Å²) in [5, 5.41) is 0. The zero-order valence-electron chi connectivity index (χ0n) is 19.5. The summed E-state index contributed by atoms with van der Waals surface area (Å²) < 4.78 is 0. The number of hydrogen-bond acceptors (Lipinski definition) is 5. The molecule has 0 saturated heterocycles. The average molecular weight is 415 g/mol. The van der Waals surface area contributed by atoms with Gasteiger partial charge >= 0.3 is 0 Å². The molecule has 3 fully saturated rings. The van der Waals surface area contributed by atoms with Crippen LogP contribution in [0.1, 0.15) is 74.7 Å². The van der Waals surface area contributed by atoms with Gasteiger partial charge < -0.3 is 0 Å². The predicted molar refractivity (Wildman–Crippen MR) is 113 cm³/mol. The molecule has 30 heavy (non-hydrogen) atoms. The zero-order chi connectivity index (χ0) is 23.0. The van der Waals surface area contributed by atoms with Gasteiger partial charge in [-0.3, -0.25) is 24.0 Å². The van der Waals surface area contributed by atoms with Crippen LogP contribution in [0.25, 0.3) is 0 Å². The number of allylic oxidation sites excluding steroid dienone is 2. The minimum absolute atomic E-state index is 0.00742. The number of rotatable bonds is 5. The standard InChI is InChI=1S/C25H34O5/c1-13(2)9-10-24(18(27)14(3)4)19(28)23(8)12-17-22(6,7)16(15(5)26)11-25(17,20(23)29)21(24)30/h9,14,16-17H,10-12H2,1-8H3. The fraction of sp³-hybridized carbons (Fsp3) is 0.720. The normalized spacial score (nSPS) is 39.3. The average Bonchev–Trinajstić information content (AvgIpc) is 2.99. The van der Waals surface area contributed by atoms with Crippen LogP contribution in [0.4, 0.5) is 0 Å². The molecule has 0 radical (unpaired) electrons. The Morgan fingerprint density at radius 3 is 2.00 bits per heavy atom. The molecular weight excluding hydrogens is 380 g/mol. The molecule has 0 aromatic heterocycles. The number of carbonyl (C=O) groups is 5. The summed E-state index contributed by atoms with van der Waals surface area (Å²) >= 11 is 0. The van der Waals surface area contributed by atoms with E-state index in [9.17, 15) is 24.0 Å². The molecule has 0 aromatic carbocycles. The summed E-state index contributed by atoms with van der Waals surface area (Å²) in [6, 6.07) is 0. The van der Waals surface area contributed by atoms with Crippen LogP contribution >= 0.6 is 0 Å². The van der Waals surface area contributed by atoms with E-state index in [4.69, 9.17) is 0 Å². The number of carbonyl (C=O) groups excluding carboxylic acids is 5. The fourth-order valence-corrected chi connectivity index (χ4v) is 6.82. The molecule has 164 valence electrons. The second-order valence-corrected chi connectivity index (χ2v) is 11.1. The molecule has 5 nitrogen and oxygen atoms in total.